The number of H-pyrrole nitrogens is 2. The molecule has 3 unspecified atom stereocenters. The molecule has 0 aliphatic carbocycles. The zero-order valence-electron chi connectivity index (χ0n) is 73.7. The average molecular weight is 1790 g/mol. The topological polar surface area (TPSA) is 596 Å². The van der Waals surface area contributed by atoms with Gasteiger partial charge in [0.2, 0.25) is 94.5 Å². The minimum atomic E-state index is -1.83. The molecule has 5 aromatic rings. The molecule has 14 atom stereocenters. The van der Waals surface area contributed by atoms with Gasteiger partial charge in [-0.1, -0.05) is 120 Å². The Morgan fingerprint density at radius 3 is 1.69 bits per heavy atom. The highest BCUT2D eigenvalue weighted by molar-refractivity contribution is 8.00. The Hall–Kier alpha value is -12.2. The number of nitrogens with zero attached hydrogens (tertiary/aromatic N) is 5. The Balaban J connectivity index is 1.28. The van der Waals surface area contributed by atoms with E-state index in [1.165, 1.54) is 46.9 Å². The van der Waals surface area contributed by atoms with Gasteiger partial charge in [0.1, 0.15) is 72.7 Å². The van der Waals surface area contributed by atoms with Gasteiger partial charge < -0.3 is 115 Å². The number of guanidine groups is 1. The van der Waals surface area contributed by atoms with Crippen molar-refractivity contribution in [3.63, 3.8) is 0 Å². The number of unbranched alkanes of at least 4 members (excludes halogenated alkanes) is 2. The van der Waals surface area contributed by atoms with Crippen LogP contribution in [0.3, 0.4) is 0 Å². The third-order valence-corrected chi connectivity index (χ3v) is 23.5. The molecule has 41 heteroatoms. The number of benzene rings is 3. The van der Waals surface area contributed by atoms with Crippen LogP contribution in [-0.2, 0) is 96.0 Å². The number of amides is 16. The van der Waals surface area contributed by atoms with Crippen molar-refractivity contribution < 1.29 is 86.9 Å². The van der Waals surface area contributed by atoms with Crippen LogP contribution in [0.5, 0.6) is 0 Å². The Bertz CT molecular complexity index is 4680. The fourth-order valence-corrected chi connectivity index (χ4v) is 16.1. The van der Waals surface area contributed by atoms with Crippen LogP contribution >= 0.6 is 11.8 Å². The number of aromatic amines is 2. The lowest BCUT2D eigenvalue weighted by molar-refractivity contribution is -0.149. The van der Waals surface area contributed by atoms with Gasteiger partial charge in [0, 0.05) is 100 Å². The summed E-state index contributed by atoms with van der Waals surface area (Å²) in [7, 11) is 5.29. The van der Waals surface area contributed by atoms with Crippen molar-refractivity contribution in [1.29, 1.82) is 5.41 Å². The monoisotopic (exact) mass is 1790 g/mol. The fraction of sp³-hybridized carbons (Fsp3) is 0.547. The van der Waals surface area contributed by atoms with Crippen LogP contribution in [0.4, 0.5) is 0 Å². The fourth-order valence-electron chi connectivity index (χ4n) is 15.3. The molecule has 2 aromatic heterocycles. The summed E-state index contributed by atoms with van der Waals surface area (Å²) in [4.78, 5) is 243. The van der Waals surface area contributed by atoms with Crippen LogP contribution in [0.25, 0.3) is 21.8 Å². The summed E-state index contributed by atoms with van der Waals surface area (Å²) in [5.41, 5.74) is 19.7. The lowest BCUT2D eigenvalue weighted by atomic mass is 10.00. The van der Waals surface area contributed by atoms with Gasteiger partial charge in [-0.2, -0.15) is 0 Å². The van der Waals surface area contributed by atoms with Gasteiger partial charge in [0.05, 0.1) is 44.0 Å². The minimum absolute atomic E-state index is 0.00418. The van der Waals surface area contributed by atoms with Crippen molar-refractivity contribution in [3.8, 4) is 0 Å². The first-order valence-electron chi connectivity index (χ1n) is 42.8. The summed E-state index contributed by atoms with van der Waals surface area (Å²) in [5, 5.41) is 61.4. The summed E-state index contributed by atoms with van der Waals surface area (Å²) in [6.45, 7) is 7.53. The molecule has 40 nitrogen and oxygen atoms in total. The predicted molar refractivity (Wildman–Crippen MR) is 474 cm³/mol. The number of nitrogens with two attached hydrogens (primary N) is 3. The predicted octanol–water partition coefficient (Wildman–Crippen LogP) is -2.29. The number of rotatable bonds is 24. The minimum Gasteiger partial charge on any atom is -0.394 e. The lowest BCUT2D eigenvalue weighted by Gasteiger charge is -2.36. The molecule has 7 rings (SSSR count). The van der Waals surface area contributed by atoms with Crippen LogP contribution in [0, 0.1) is 11.3 Å². The van der Waals surface area contributed by atoms with E-state index < -0.39 is 223 Å². The highest BCUT2D eigenvalue weighted by Crippen LogP contribution is 2.27. The maximum absolute atomic E-state index is 15.6. The van der Waals surface area contributed by atoms with Crippen molar-refractivity contribution in [2.75, 3.05) is 72.5 Å². The number of hydrogen-bond donors (Lipinski definition) is 19. The maximum atomic E-state index is 15.6. The van der Waals surface area contributed by atoms with Crippen LogP contribution in [0.1, 0.15) is 135 Å². The van der Waals surface area contributed by atoms with Gasteiger partial charge >= 0.3 is 0 Å². The molecule has 694 valence electrons. The molecule has 3 aromatic carbocycles. The number of para-hydroxylation sites is 2. The van der Waals surface area contributed by atoms with E-state index in [9.17, 15) is 67.7 Å². The van der Waals surface area contributed by atoms with Gasteiger partial charge in [-0.15, -0.1) is 11.8 Å². The van der Waals surface area contributed by atoms with E-state index in [2.05, 4.69) is 68.5 Å². The van der Waals surface area contributed by atoms with Gasteiger partial charge in [-0.3, -0.25) is 87.0 Å². The Morgan fingerprint density at radius 2 is 1.09 bits per heavy atom. The Morgan fingerprint density at radius 1 is 0.551 bits per heavy atom. The first kappa shape index (κ1) is 102. The summed E-state index contributed by atoms with van der Waals surface area (Å²) in [6, 6.07) is 3.79. The van der Waals surface area contributed by atoms with E-state index in [0.717, 1.165) is 31.4 Å². The van der Waals surface area contributed by atoms with E-state index in [-0.39, 0.29) is 76.8 Å². The van der Waals surface area contributed by atoms with E-state index in [1.54, 1.807) is 105 Å². The number of nitrogens with one attached hydrogen (secondary N) is 14. The summed E-state index contributed by atoms with van der Waals surface area (Å²) >= 11 is 0.806. The van der Waals surface area contributed by atoms with Crippen molar-refractivity contribution in [2.24, 2.45) is 23.1 Å². The standard InChI is InChI=1S/C86H126N22O18S/c1-11-13-31-66-79(120)98-58(30-22-34-91-86(89)90)76(117)103-65(75(116)94-43-70(88)111)46-127-47-72(113)97-61(37-51-24-16-15-17-25-51)82(123)105(8)50(6)74(115)100-63(40-69(87)110)84(125)108-35-23-33-67(108)80(121)95-49(5)73(114)99-60(36-48(3)4)81(122)104(7)44-71(112)96-59(38-52-41-92-56-28-20-18-26-54(52)56)77(118)102-64(45-109)78(119)101-62(39-53-42-93-57-29-21-19-27-55(53)57)83(124)107(10)68(32-14-12-2)85(126)106(66)9/h15-21,24-29,41-42,48-50,58-68,84,92-93,109,125H,11-14,22-23,30-40,43-47H2,1-10H3,(H2,87,110)(H2,88,111)(H,94,116)(H,95,121)(H,96,112)(H,97,113)(H,98,120)(H,99,114)(H,100,115)(H,101,119)(H,102,118)(H,103,117)(H4,89,90,91)/t49-,50-,58-,59?,60-,61-,62-,63-,64-,65-,66-,67?,68-,84?/m0/s1. The number of carbonyl (C=O) groups is 16. The maximum Gasteiger partial charge on any atom is 0.245 e. The Labute approximate surface area is 742 Å². The van der Waals surface area contributed by atoms with Gasteiger partial charge in [0.15, 0.2) is 5.96 Å². The highest BCUT2D eigenvalue weighted by atomic mass is 32.2. The first-order chi connectivity index (χ1) is 60.4. The van der Waals surface area contributed by atoms with Crippen LogP contribution in [0.2, 0.25) is 0 Å². The van der Waals surface area contributed by atoms with E-state index >= 15 is 19.2 Å². The molecule has 2 saturated heterocycles. The zero-order valence-corrected chi connectivity index (χ0v) is 74.5. The number of fused-ring (bicyclic) bond motifs is 3. The van der Waals surface area contributed by atoms with Crippen LogP contribution in [-0.4, -0.2) is 302 Å². The number of aromatic nitrogens is 2. The molecule has 0 spiro atoms. The quantitative estimate of drug-likeness (QED) is 0.0176. The zero-order chi connectivity index (χ0) is 93.5. The van der Waals surface area contributed by atoms with Gasteiger partial charge in [-0.25, -0.2) is 0 Å². The normalized spacial score (nSPS) is 24.7. The molecule has 0 bridgehead atoms. The molecule has 22 N–H and O–H groups in total. The lowest BCUT2D eigenvalue weighted by Crippen LogP contribution is -2.61. The summed E-state index contributed by atoms with van der Waals surface area (Å²) in [5.74, 6) is -15.6. The number of hydrogen-bond acceptors (Lipinski definition) is 21. The average Bonchev–Trinajstić information content (AvgIpc) is 1.61. The van der Waals surface area contributed by atoms with Gasteiger partial charge in [-0.05, 0) is 93.5 Å². The number of thioether (sulfide) groups is 1. The molecule has 2 aliphatic rings. The van der Waals surface area contributed by atoms with Crippen LogP contribution in [0.15, 0.2) is 91.3 Å². The molecule has 4 heterocycles. The van der Waals surface area contributed by atoms with Gasteiger partial charge in [0.25, 0.3) is 0 Å². The molecule has 127 heavy (non-hydrogen) atoms. The molecular formula is C86H126N22O18S. The van der Waals surface area contributed by atoms with E-state index in [4.69, 9.17) is 22.6 Å². The van der Waals surface area contributed by atoms with Crippen molar-refractivity contribution in [2.45, 2.75) is 223 Å². The molecule has 2 fully saturated rings. The highest BCUT2D eigenvalue weighted by Gasteiger charge is 2.44. The first-order valence-corrected chi connectivity index (χ1v) is 44.0. The third-order valence-electron chi connectivity index (χ3n) is 22.5. The molecule has 0 radical (unpaired) electrons. The van der Waals surface area contributed by atoms with Crippen molar-refractivity contribution >= 4 is 134 Å². The van der Waals surface area contributed by atoms with Crippen molar-refractivity contribution in [1.82, 2.24) is 93.0 Å². The second-order valence-corrected chi connectivity index (χ2v) is 33.7. The van der Waals surface area contributed by atoms with E-state index in [1.807, 2.05) is 13.8 Å². The van der Waals surface area contributed by atoms with Crippen molar-refractivity contribution in [3.05, 3.63) is 108 Å². The molecule has 16 amide bonds. The SMILES string of the molecule is CCCC[C@H]1C(=O)N(C)[C@@H](CCCC)C(=O)N[C@@H](CCCNC(=N)N)C(=O)N[C@H](C(=O)NCC(N)=O)CSCC(=O)N[C@@H](Cc2ccccc2)C(=O)N(C)[C@@H](C)C(=O)N[C@@H](CC(N)=O)C(O)N2CCCC2C(=O)N[C@@H](C)C(=O)N[C@@H](CC(C)C)C(=O)N(C)CC(=O)NC(Cc2c[nH]c3ccccc23)C(=O)N[C@@H](CO)C(=O)N[C@@H](Cc2c[nH]c3ccccc23)C(=O)N1C. The molecular weight excluding hydrogens is 1660 g/mol. The number of likely N-dealkylation sites (N-methyl/N-ethyl adjacent to an activating group) is 4. The second kappa shape index (κ2) is 49.6. The number of primary amides is 2. The second-order valence-electron chi connectivity index (χ2n) is 32.7. The molecule has 2 aliphatic heterocycles. The number of aliphatic hydroxyl groups is 2. The van der Waals surface area contributed by atoms with E-state index in [0.29, 0.717) is 70.6 Å². The van der Waals surface area contributed by atoms with Crippen LogP contribution < -0.4 is 75.7 Å². The summed E-state index contributed by atoms with van der Waals surface area (Å²) in [6.07, 6.45) is 2.23. The molecule has 0 saturated carbocycles. The largest absolute Gasteiger partial charge is 0.394 e. The smallest absolute Gasteiger partial charge is 0.245 e. The number of aliphatic hydroxyl groups excluding tert-OH is 2. The third kappa shape index (κ3) is 30.0. The number of carbonyl (C=O) groups excluding carboxylic acids is 16. The Kier molecular flexibility index (Phi) is 39.8. The summed E-state index contributed by atoms with van der Waals surface area (Å²) < 4.78 is 0.